The summed E-state index contributed by atoms with van der Waals surface area (Å²) in [5.41, 5.74) is 5.14. The number of benzene rings is 1. The lowest BCUT2D eigenvalue weighted by atomic mass is 10.2. The SMILES string of the molecule is CCCNC(=S)NNC(=O)c1ccccc1O. The molecule has 0 saturated carbocycles. The normalized spacial score (nSPS) is 9.47. The maximum absolute atomic E-state index is 11.6. The number of hydrazine groups is 1. The van der Waals surface area contributed by atoms with Gasteiger partial charge < -0.3 is 10.4 Å². The number of carbonyl (C=O) groups is 1. The maximum atomic E-state index is 11.6. The summed E-state index contributed by atoms with van der Waals surface area (Å²) in [5.74, 6) is -0.511. The highest BCUT2D eigenvalue weighted by molar-refractivity contribution is 7.80. The molecule has 92 valence electrons. The molecule has 1 aromatic rings. The summed E-state index contributed by atoms with van der Waals surface area (Å²) < 4.78 is 0. The van der Waals surface area contributed by atoms with Crippen molar-refractivity contribution in [2.75, 3.05) is 6.54 Å². The van der Waals surface area contributed by atoms with Crippen molar-refractivity contribution >= 4 is 23.2 Å². The Morgan fingerprint density at radius 2 is 2.06 bits per heavy atom. The lowest BCUT2D eigenvalue weighted by Gasteiger charge is -2.11. The second-order valence-corrected chi connectivity index (χ2v) is 3.76. The van der Waals surface area contributed by atoms with Crippen LogP contribution in [0.15, 0.2) is 24.3 Å². The quantitative estimate of drug-likeness (QED) is 0.476. The third-order valence-corrected chi connectivity index (χ3v) is 2.22. The monoisotopic (exact) mass is 253 g/mol. The van der Waals surface area contributed by atoms with Crippen molar-refractivity contribution in [3.05, 3.63) is 29.8 Å². The fourth-order valence-electron chi connectivity index (χ4n) is 1.13. The van der Waals surface area contributed by atoms with Crippen LogP contribution in [0.25, 0.3) is 0 Å². The van der Waals surface area contributed by atoms with Gasteiger partial charge in [-0.15, -0.1) is 0 Å². The van der Waals surface area contributed by atoms with E-state index in [1.807, 2.05) is 6.92 Å². The summed E-state index contributed by atoms with van der Waals surface area (Å²) in [5, 5.41) is 12.7. The van der Waals surface area contributed by atoms with Gasteiger partial charge in [0.2, 0.25) is 0 Å². The average molecular weight is 253 g/mol. The van der Waals surface area contributed by atoms with Crippen LogP contribution < -0.4 is 16.2 Å². The zero-order valence-corrected chi connectivity index (χ0v) is 10.3. The first-order chi connectivity index (χ1) is 8.15. The zero-order valence-electron chi connectivity index (χ0n) is 9.49. The molecule has 1 rings (SSSR count). The smallest absolute Gasteiger partial charge is 0.273 e. The first-order valence-electron chi connectivity index (χ1n) is 5.27. The van der Waals surface area contributed by atoms with Crippen LogP contribution in [-0.4, -0.2) is 22.7 Å². The number of aromatic hydroxyl groups is 1. The van der Waals surface area contributed by atoms with E-state index in [-0.39, 0.29) is 11.3 Å². The summed E-state index contributed by atoms with van der Waals surface area (Å²) in [4.78, 5) is 11.6. The predicted octanol–water partition coefficient (Wildman–Crippen LogP) is 0.911. The number of hydrogen-bond donors (Lipinski definition) is 4. The van der Waals surface area contributed by atoms with E-state index in [0.29, 0.717) is 5.11 Å². The number of carbonyl (C=O) groups excluding carboxylic acids is 1. The van der Waals surface area contributed by atoms with Crippen molar-refractivity contribution in [3.8, 4) is 5.75 Å². The summed E-state index contributed by atoms with van der Waals surface area (Å²) in [7, 11) is 0. The number of phenols is 1. The fraction of sp³-hybridized carbons (Fsp3) is 0.273. The Morgan fingerprint density at radius 1 is 1.35 bits per heavy atom. The molecule has 0 spiro atoms. The van der Waals surface area contributed by atoms with Crippen molar-refractivity contribution in [1.29, 1.82) is 0 Å². The van der Waals surface area contributed by atoms with Gasteiger partial charge in [-0.1, -0.05) is 19.1 Å². The Balaban J connectivity index is 2.45. The first kappa shape index (κ1) is 13.2. The lowest BCUT2D eigenvalue weighted by Crippen LogP contribution is -2.46. The highest BCUT2D eigenvalue weighted by atomic mass is 32.1. The number of phenolic OH excluding ortho intramolecular Hbond substituents is 1. The van der Waals surface area contributed by atoms with Gasteiger partial charge in [-0.3, -0.25) is 15.6 Å². The van der Waals surface area contributed by atoms with Crippen molar-refractivity contribution in [1.82, 2.24) is 16.2 Å². The standard InChI is InChI=1S/C11H15N3O2S/c1-2-7-12-11(17)14-13-10(16)8-5-3-4-6-9(8)15/h3-6,15H,2,7H2,1H3,(H,13,16)(H2,12,14,17). The third-order valence-electron chi connectivity index (χ3n) is 1.97. The molecule has 1 amide bonds. The number of thiocarbonyl (C=S) groups is 1. The summed E-state index contributed by atoms with van der Waals surface area (Å²) >= 11 is 4.92. The fourth-order valence-corrected chi connectivity index (χ4v) is 1.28. The van der Waals surface area contributed by atoms with Gasteiger partial charge in [0.25, 0.3) is 5.91 Å². The van der Waals surface area contributed by atoms with E-state index < -0.39 is 5.91 Å². The van der Waals surface area contributed by atoms with E-state index in [9.17, 15) is 9.90 Å². The van der Waals surface area contributed by atoms with E-state index >= 15 is 0 Å². The van der Waals surface area contributed by atoms with Crippen LogP contribution in [-0.2, 0) is 0 Å². The summed E-state index contributed by atoms with van der Waals surface area (Å²) in [6.45, 7) is 2.74. The second kappa shape index (κ2) is 6.70. The van der Waals surface area contributed by atoms with Crippen LogP contribution in [0.1, 0.15) is 23.7 Å². The van der Waals surface area contributed by atoms with Gasteiger partial charge >= 0.3 is 0 Å². The molecule has 0 aliphatic rings. The van der Waals surface area contributed by atoms with Crippen molar-refractivity contribution in [2.24, 2.45) is 0 Å². The molecular formula is C11H15N3O2S. The molecule has 4 N–H and O–H groups in total. The molecule has 0 bridgehead atoms. The highest BCUT2D eigenvalue weighted by Gasteiger charge is 2.09. The number of hydrogen-bond acceptors (Lipinski definition) is 3. The van der Waals surface area contributed by atoms with E-state index in [1.54, 1.807) is 12.1 Å². The largest absolute Gasteiger partial charge is 0.507 e. The maximum Gasteiger partial charge on any atom is 0.273 e. The van der Waals surface area contributed by atoms with Crippen molar-refractivity contribution in [2.45, 2.75) is 13.3 Å². The molecule has 6 heteroatoms. The van der Waals surface area contributed by atoms with Crippen LogP contribution in [0, 0.1) is 0 Å². The minimum Gasteiger partial charge on any atom is -0.507 e. The molecule has 0 radical (unpaired) electrons. The number of para-hydroxylation sites is 1. The minimum absolute atomic E-state index is 0.0702. The van der Waals surface area contributed by atoms with Crippen LogP contribution >= 0.6 is 12.2 Å². The average Bonchev–Trinajstić information content (AvgIpc) is 2.34. The molecule has 0 aliphatic carbocycles. The van der Waals surface area contributed by atoms with Gasteiger partial charge in [0, 0.05) is 6.54 Å². The Morgan fingerprint density at radius 3 is 2.71 bits per heavy atom. The molecule has 0 aliphatic heterocycles. The molecule has 0 aromatic heterocycles. The first-order valence-corrected chi connectivity index (χ1v) is 5.68. The highest BCUT2D eigenvalue weighted by Crippen LogP contribution is 2.14. The number of nitrogens with one attached hydrogen (secondary N) is 3. The van der Waals surface area contributed by atoms with Gasteiger partial charge in [-0.25, -0.2) is 0 Å². The summed E-state index contributed by atoms with van der Waals surface area (Å²) in [6, 6.07) is 6.28. The Labute approximate surface area is 105 Å². The van der Waals surface area contributed by atoms with E-state index in [4.69, 9.17) is 12.2 Å². The number of amides is 1. The zero-order chi connectivity index (χ0) is 12.7. The Hall–Kier alpha value is -1.82. The topological polar surface area (TPSA) is 73.4 Å². The Bertz CT molecular complexity index is 409. The van der Waals surface area contributed by atoms with Gasteiger partial charge in [-0.2, -0.15) is 0 Å². The molecule has 1 aromatic carbocycles. The van der Waals surface area contributed by atoms with Crippen LogP contribution in [0.3, 0.4) is 0 Å². The molecular weight excluding hydrogens is 238 g/mol. The van der Waals surface area contributed by atoms with Gasteiger partial charge in [-0.05, 0) is 30.8 Å². The summed E-state index contributed by atoms with van der Waals surface area (Å²) in [6.07, 6.45) is 0.940. The minimum atomic E-state index is -0.441. The third kappa shape index (κ3) is 4.28. The molecule has 0 unspecified atom stereocenters. The molecule has 0 heterocycles. The molecule has 0 atom stereocenters. The second-order valence-electron chi connectivity index (χ2n) is 3.35. The van der Waals surface area contributed by atoms with Crippen LogP contribution in [0.5, 0.6) is 5.75 Å². The van der Waals surface area contributed by atoms with Crippen molar-refractivity contribution in [3.63, 3.8) is 0 Å². The van der Waals surface area contributed by atoms with E-state index in [1.165, 1.54) is 12.1 Å². The molecule has 0 fully saturated rings. The van der Waals surface area contributed by atoms with Gasteiger partial charge in [0.1, 0.15) is 5.75 Å². The van der Waals surface area contributed by atoms with Crippen LogP contribution in [0.4, 0.5) is 0 Å². The molecule has 0 saturated heterocycles. The van der Waals surface area contributed by atoms with Gasteiger partial charge in [0.15, 0.2) is 5.11 Å². The van der Waals surface area contributed by atoms with E-state index in [2.05, 4.69) is 16.2 Å². The lowest BCUT2D eigenvalue weighted by molar-refractivity contribution is 0.0941. The molecule has 5 nitrogen and oxygen atoms in total. The van der Waals surface area contributed by atoms with Crippen LogP contribution in [0.2, 0.25) is 0 Å². The number of rotatable bonds is 3. The van der Waals surface area contributed by atoms with Gasteiger partial charge in [0.05, 0.1) is 5.56 Å². The molecule has 17 heavy (non-hydrogen) atoms. The van der Waals surface area contributed by atoms with Crippen molar-refractivity contribution < 1.29 is 9.90 Å². The Kier molecular flexibility index (Phi) is 5.22. The van der Waals surface area contributed by atoms with E-state index in [0.717, 1.165) is 13.0 Å². The predicted molar refractivity (Wildman–Crippen MR) is 69.6 cm³/mol.